The van der Waals surface area contributed by atoms with Crippen LogP contribution in [-0.4, -0.2) is 12.0 Å². The number of anilines is 2. The van der Waals surface area contributed by atoms with Gasteiger partial charge in [0, 0.05) is 24.9 Å². The normalized spacial score (nSPS) is 10.1. The van der Waals surface area contributed by atoms with Crippen LogP contribution in [0.5, 0.6) is 0 Å². The van der Waals surface area contributed by atoms with Gasteiger partial charge in [0.05, 0.1) is 4.92 Å². The van der Waals surface area contributed by atoms with E-state index in [0.717, 1.165) is 17.8 Å². The lowest BCUT2D eigenvalue weighted by atomic mass is 10.2. The maximum Gasteiger partial charge on any atom is 0.293 e. The van der Waals surface area contributed by atoms with Gasteiger partial charge in [0.25, 0.3) is 5.69 Å². The maximum absolute atomic E-state index is 13.2. The molecule has 0 bridgehead atoms. The summed E-state index contributed by atoms with van der Waals surface area (Å²) in [5, 5.41) is 10.9. The first kappa shape index (κ1) is 12.0. The Labute approximate surface area is 103 Å². The number of halogens is 1. The summed E-state index contributed by atoms with van der Waals surface area (Å²) in [7, 11) is 1.66. The van der Waals surface area contributed by atoms with Gasteiger partial charge in [0.15, 0.2) is 0 Å². The number of nitro groups is 1. The fourth-order valence-electron chi connectivity index (χ4n) is 1.71. The molecule has 0 atom stereocenters. The highest BCUT2D eigenvalue weighted by Gasteiger charge is 2.18. The predicted octanol–water partition coefficient (Wildman–Crippen LogP) is 3.50. The zero-order valence-corrected chi connectivity index (χ0v) is 9.71. The van der Waals surface area contributed by atoms with E-state index in [9.17, 15) is 14.5 Å². The quantitative estimate of drug-likeness (QED) is 0.615. The molecule has 2 aromatic rings. The third kappa shape index (κ3) is 2.29. The molecular formula is C13H11FN2O2. The summed E-state index contributed by atoms with van der Waals surface area (Å²) in [4.78, 5) is 12.0. The van der Waals surface area contributed by atoms with Crippen molar-refractivity contribution in [1.29, 1.82) is 0 Å². The zero-order valence-electron chi connectivity index (χ0n) is 9.71. The van der Waals surface area contributed by atoms with E-state index in [1.807, 2.05) is 18.2 Å². The molecule has 0 unspecified atom stereocenters. The van der Waals surface area contributed by atoms with Gasteiger partial charge >= 0.3 is 0 Å². The molecular weight excluding hydrogens is 235 g/mol. The van der Waals surface area contributed by atoms with Crippen LogP contribution in [-0.2, 0) is 0 Å². The van der Waals surface area contributed by atoms with Crippen molar-refractivity contribution in [2.24, 2.45) is 0 Å². The standard InChI is InChI=1S/C13H11FN2O2/c1-15(11-5-3-2-4-6-11)13-9-10(14)7-8-12(13)16(17)18/h2-9H,1H3. The van der Waals surface area contributed by atoms with E-state index in [1.165, 1.54) is 6.07 Å². The molecule has 0 amide bonds. The van der Waals surface area contributed by atoms with Crippen molar-refractivity contribution >= 4 is 17.1 Å². The first-order valence-corrected chi connectivity index (χ1v) is 5.32. The molecule has 0 fully saturated rings. The van der Waals surface area contributed by atoms with E-state index in [4.69, 9.17) is 0 Å². The van der Waals surface area contributed by atoms with Gasteiger partial charge in [0.1, 0.15) is 11.5 Å². The second kappa shape index (κ2) is 4.83. The van der Waals surface area contributed by atoms with Crippen LogP contribution < -0.4 is 4.90 Å². The highest BCUT2D eigenvalue weighted by Crippen LogP contribution is 2.32. The molecule has 92 valence electrons. The van der Waals surface area contributed by atoms with E-state index in [0.29, 0.717) is 0 Å². The molecule has 0 radical (unpaired) electrons. The topological polar surface area (TPSA) is 46.4 Å². The largest absolute Gasteiger partial charge is 0.339 e. The molecule has 2 aromatic carbocycles. The summed E-state index contributed by atoms with van der Waals surface area (Å²) in [6, 6.07) is 12.5. The third-order valence-corrected chi connectivity index (χ3v) is 2.64. The van der Waals surface area contributed by atoms with Crippen molar-refractivity contribution in [3.8, 4) is 0 Å². The minimum atomic E-state index is -0.520. The molecule has 4 nitrogen and oxygen atoms in total. The number of para-hydroxylation sites is 1. The molecule has 0 saturated carbocycles. The third-order valence-electron chi connectivity index (χ3n) is 2.64. The van der Waals surface area contributed by atoms with E-state index >= 15 is 0 Å². The number of benzene rings is 2. The van der Waals surface area contributed by atoms with Crippen molar-refractivity contribution in [2.75, 3.05) is 11.9 Å². The van der Waals surface area contributed by atoms with Crippen molar-refractivity contribution < 1.29 is 9.31 Å². The van der Waals surface area contributed by atoms with Crippen LogP contribution in [0.4, 0.5) is 21.5 Å². The van der Waals surface area contributed by atoms with E-state index in [-0.39, 0.29) is 11.4 Å². The van der Waals surface area contributed by atoms with E-state index in [1.54, 1.807) is 24.1 Å². The van der Waals surface area contributed by atoms with Crippen LogP contribution >= 0.6 is 0 Å². The van der Waals surface area contributed by atoms with Gasteiger partial charge in [0.2, 0.25) is 0 Å². The van der Waals surface area contributed by atoms with Crippen molar-refractivity contribution in [3.63, 3.8) is 0 Å². The number of hydrogen-bond acceptors (Lipinski definition) is 3. The van der Waals surface area contributed by atoms with Gasteiger partial charge < -0.3 is 4.90 Å². The van der Waals surface area contributed by atoms with Gasteiger partial charge in [-0.25, -0.2) is 4.39 Å². The van der Waals surface area contributed by atoms with Gasteiger partial charge in [-0.15, -0.1) is 0 Å². The fraction of sp³-hybridized carbons (Fsp3) is 0.0769. The second-order valence-electron chi connectivity index (χ2n) is 3.78. The van der Waals surface area contributed by atoms with Crippen molar-refractivity contribution in [2.45, 2.75) is 0 Å². The molecule has 5 heteroatoms. The van der Waals surface area contributed by atoms with Crippen LogP contribution in [0.15, 0.2) is 48.5 Å². The summed E-state index contributed by atoms with van der Waals surface area (Å²) >= 11 is 0. The summed E-state index contributed by atoms with van der Waals surface area (Å²) in [6.45, 7) is 0. The molecule has 0 spiro atoms. The average Bonchev–Trinajstić information content (AvgIpc) is 2.38. The maximum atomic E-state index is 13.2. The minimum Gasteiger partial charge on any atom is -0.339 e. The van der Waals surface area contributed by atoms with Crippen molar-refractivity contribution in [1.82, 2.24) is 0 Å². The number of rotatable bonds is 3. The number of nitrogens with zero attached hydrogens (tertiary/aromatic N) is 2. The Morgan fingerprint density at radius 3 is 2.44 bits per heavy atom. The van der Waals surface area contributed by atoms with Crippen LogP contribution in [0, 0.1) is 15.9 Å². The number of hydrogen-bond donors (Lipinski definition) is 0. The van der Waals surface area contributed by atoms with E-state index < -0.39 is 10.7 Å². The Morgan fingerprint density at radius 1 is 1.17 bits per heavy atom. The highest BCUT2D eigenvalue weighted by molar-refractivity contribution is 5.71. The summed E-state index contributed by atoms with van der Waals surface area (Å²) in [5.74, 6) is -0.501. The second-order valence-corrected chi connectivity index (χ2v) is 3.78. The Kier molecular flexibility index (Phi) is 3.23. The molecule has 18 heavy (non-hydrogen) atoms. The first-order chi connectivity index (χ1) is 8.59. The smallest absolute Gasteiger partial charge is 0.293 e. The molecule has 0 aliphatic carbocycles. The van der Waals surface area contributed by atoms with Gasteiger partial charge in [-0.3, -0.25) is 10.1 Å². The Morgan fingerprint density at radius 2 is 1.83 bits per heavy atom. The summed E-state index contributed by atoms with van der Waals surface area (Å²) in [6.07, 6.45) is 0. The van der Waals surface area contributed by atoms with Crippen LogP contribution in [0.3, 0.4) is 0 Å². The van der Waals surface area contributed by atoms with Gasteiger partial charge in [-0.1, -0.05) is 18.2 Å². The molecule has 0 N–H and O–H groups in total. The predicted molar refractivity (Wildman–Crippen MR) is 67.6 cm³/mol. The highest BCUT2D eigenvalue weighted by atomic mass is 19.1. The first-order valence-electron chi connectivity index (χ1n) is 5.32. The van der Waals surface area contributed by atoms with Gasteiger partial charge in [-0.2, -0.15) is 0 Å². The summed E-state index contributed by atoms with van der Waals surface area (Å²) < 4.78 is 13.2. The lowest BCUT2D eigenvalue weighted by Gasteiger charge is -2.19. The Balaban J connectivity index is 2.50. The molecule has 0 aliphatic rings. The minimum absolute atomic E-state index is 0.122. The Hall–Kier alpha value is -2.43. The fourth-order valence-corrected chi connectivity index (χ4v) is 1.71. The Bertz CT molecular complexity index is 572. The lowest BCUT2D eigenvalue weighted by molar-refractivity contribution is -0.384. The monoisotopic (exact) mass is 246 g/mol. The molecule has 0 heterocycles. The van der Waals surface area contributed by atoms with Crippen LogP contribution in [0.1, 0.15) is 0 Å². The molecule has 0 aromatic heterocycles. The average molecular weight is 246 g/mol. The molecule has 0 saturated heterocycles. The molecule has 2 rings (SSSR count). The SMILES string of the molecule is CN(c1ccccc1)c1cc(F)ccc1[N+](=O)[O-]. The zero-order chi connectivity index (χ0) is 13.1. The van der Waals surface area contributed by atoms with Crippen LogP contribution in [0.2, 0.25) is 0 Å². The van der Waals surface area contributed by atoms with Gasteiger partial charge in [-0.05, 0) is 18.2 Å². The number of nitro benzene ring substituents is 1. The van der Waals surface area contributed by atoms with E-state index in [2.05, 4.69) is 0 Å². The molecule has 0 aliphatic heterocycles. The summed E-state index contributed by atoms with van der Waals surface area (Å²) in [5.41, 5.74) is 0.861. The lowest BCUT2D eigenvalue weighted by Crippen LogP contribution is -2.11. The van der Waals surface area contributed by atoms with Crippen LogP contribution in [0.25, 0.3) is 0 Å². The van der Waals surface area contributed by atoms with Crippen molar-refractivity contribution in [3.05, 3.63) is 64.5 Å².